The molecule has 1 heteroatoms. The van der Waals surface area contributed by atoms with Crippen LogP contribution in [0.1, 0.15) is 19.4 Å². The fourth-order valence-electron chi connectivity index (χ4n) is 0.753. The highest BCUT2D eigenvalue weighted by atomic mass is 32.1. The third kappa shape index (κ3) is 5.03. The number of hydrogen-bond acceptors (Lipinski definition) is 1. The second-order valence-corrected chi connectivity index (χ2v) is 2.36. The van der Waals surface area contributed by atoms with Crippen LogP contribution in [0.3, 0.4) is 0 Å². The molecule has 0 aliphatic carbocycles. The molecular weight excluding hydrogens is 164 g/mol. The average molecular weight is 180 g/mol. The fraction of sp³-hybridized carbons (Fsp3) is 0.273. The van der Waals surface area contributed by atoms with Gasteiger partial charge in [0.2, 0.25) is 0 Å². The lowest BCUT2D eigenvalue weighted by atomic mass is 10.2. The van der Waals surface area contributed by atoms with Crippen molar-refractivity contribution in [3.05, 3.63) is 42.0 Å². The third-order valence-corrected chi connectivity index (χ3v) is 1.43. The van der Waals surface area contributed by atoms with Crippen LogP contribution in [0, 0.1) is 0 Å². The van der Waals surface area contributed by atoms with Crippen LogP contribution >= 0.6 is 12.6 Å². The van der Waals surface area contributed by atoms with E-state index in [4.69, 9.17) is 0 Å². The summed E-state index contributed by atoms with van der Waals surface area (Å²) in [5.74, 6) is 0.800. The normalized spacial score (nSPS) is 9.25. The Morgan fingerprint density at radius 2 is 1.75 bits per heavy atom. The van der Waals surface area contributed by atoms with Gasteiger partial charge in [0.05, 0.1) is 0 Å². The summed E-state index contributed by atoms with van der Waals surface area (Å²) in [7, 11) is 0. The zero-order valence-electron chi connectivity index (χ0n) is 7.70. The van der Waals surface area contributed by atoms with E-state index in [2.05, 4.69) is 30.8 Å². The van der Waals surface area contributed by atoms with Gasteiger partial charge >= 0.3 is 0 Å². The van der Waals surface area contributed by atoms with E-state index in [-0.39, 0.29) is 0 Å². The van der Waals surface area contributed by atoms with Gasteiger partial charge in [-0.15, -0.1) is 0 Å². The van der Waals surface area contributed by atoms with Crippen LogP contribution in [-0.2, 0) is 0 Å². The van der Waals surface area contributed by atoms with Crippen molar-refractivity contribution in [1.82, 2.24) is 0 Å². The lowest BCUT2D eigenvalue weighted by Crippen LogP contribution is -1.68. The van der Waals surface area contributed by atoms with Crippen molar-refractivity contribution >= 4 is 18.7 Å². The van der Waals surface area contributed by atoms with E-state index in [1.807, 2.05) is 38.1 Å². The standard InChI is InChI=1S/C9H10S.C2H6/c10-8-4-7-9-5-2-1-3-6-9;1-2/h1-7,10H,8H2;1-2H3. The quantitative estimate of drug-likeness (QED) is 0.660. The van der Waals surface area contributed by atoms with Crippen LogP contribution in [0.4, 0.5) is 0 Å². The summed E-state index contributed by atoms with van der Waals surface area (Å²) < 4.78 is 0. The first-order valence-corrected chi connectivity index (χ1v) is 4.89. The SMILES string of the molecule is CC.SCC=Cc1ccccc1. The third-order valence-electron chi connectivity index (χ3n) is 1.22. The molecule has 0 atom stereocenters. The van der Waals surface area contributed by atoms with Crippen LogP contribution in [-0.4, -0.2) is 5.75 Å². The minimum atomic E-state index is 0.800. The first kappa shape index (κ1) is 11.3. The van der Waals surface area contributed by atoms with Crippen molar-refractivity contribution in [2.24, 2.45) is 0 Å². The van der Waals surface area contributed by atoms with Gasteiger partial charge in [-0.25, -0.2) is 0 Å². The van der Waals surface area contributed by atoms with Crippen molar-refractivity contribution in [2.75, 3.05) is 5.75 Å². The molecule has 0 amide bonds. The van der Waals surface area contributed by atoms with Gasteiger partial charge in [0.15, 0.2) is 0 Å². The van der Waals surface area contributed by atoms with E-state index < -0.39 is 0 Å². The molecule has 0 bridgehead atoms. The molecule has 0 aliphatic rings. The molecule has 0 unspecified atom stereocenters. The Bertz CT molecular complexity index is 202. The molecule has 0 spiro atoms. The maximum atomic E-state index is 4.06. The van der Waals surface area contributed by atoms with Gasteiger partial charge in [-0.3, -0.25) is 0 Å². The molecule has 0 N–H and O–H groups in total. The largest absolute Gasteiger partial charge is 0.175 e. The molecule has 0 nitrogen and oxygen atoms in total. The highest BCUT2D eigenvalue weighted by Crippen LogP contribution is 2.00. The van der Waals surface area contributed by atoms with Gasteiger partial charge < -0.3 is 0 Å². The highest BCUT2D eigenvalue weighted by molar-refractivity contribution is 7.80. The maximum Gasteiger partial charge on any atom is 0.00858 e. The predicted molar refractivity (Wildman–Crippen MR) is 60.7 cm³/mol. The van der Waals surface area contributed by atoms with Crippen LogP contribution in [0.15, 0.2) is 36.4 Å². The smallest absolute Gasteiger partial charge is 0.00858 e. The van der Waals surface area contributed by atoms with Crippen LogP contribution < -0.4 is 0 Å². The summed E-state index contributed by atoms with van der Waals surface area (Å²) in [5, 5.41) is 0. The summed E-state index contributed by atoms with van der Waals surface area (Å²) in [4.78, 5) is 0. The van der Waals surface area contributed by atoms with Gasteiger partial charge in [0.25, 0.3) is 0 Å². The van der Waals surface area contributed by atoms with Crippen molar-refractivity contribution in [1.29, 1.82) is 0 Å². The summed E-state index contributed by atoms with van der Waals surface area (Å²) >= 11 is 4.06. The number of thiol groups is 1. The molecular formula is C11H16S. The van der Waals surface area contributed by atoms with E-state index in [9.17, 15) is 0 Å². The number of benzene rings is 1. The second kappa shape index (κ2) is 8.41. The van der Waals surface area contributed by atoms with Gasteiger partial charge in [-0.2, -0.15) is 12.6 Å². The first-order valence-electron chi connectivity index (χ1n) is 4.26. The predicted octanol–water partition coefficient (Wildman–Crippen LogP) is 3.66. The van der Waals surface area contributed by atoms with E-state index in [1.54, 1.807) is 0 Å². The molecule has 12 heavy (non-hydrogen) atoms. The zero-order valence-corrected chi connectivity index (χ0v) is 8.59. The molecule has 1 aromatic rings. The number of hydrogen-bond donors (Lipinski definition) is 1. The summed E-state index contributed by atoms with van der Waals surface area (Å²) in [6, 6.07) is 10.2. The van der Waals surface area contributed by atoms with Crippen molar-refractivity contribution in [3.8, 4) is 0 Å². The van der Waals surface area contributed by atoms with Gasteiger partial charge in [-0.05, 0) is 5.56 Å². The van der Waals surface area contributed by atoms with Crippen LogP contribution in [0.2, 0.25) is 0 Å². The molecule has 1 rings (SSSR count). The Balaban J connectivity index is 0.000000561. The van der Waals surface area contributed by atoms with Crippen LogP contribution in [0.5, 0.6) is 0 Å². The highest BCUT2D eigenvalue weighted by Gasteiger charge is 1.79. The monoisotopic (exact) mass is 180 g/mol. The first-order chi connectivity index (χ1) is 5.93. The maximum absolute atomic E-state index is 4.06. The molecule has 1 aromatic carbocycles. The molecule has 0 aromatic heterocycles. The Morgan fingerprint density at radius 1 is 1.17 bits per heavy atom. The molecule has 0 heterocycles. The van der Waals surface area contributed by atoms with Gasteiger partial charge in [-0.1, -0.05) is 56.3 Å². The molecule has 66 valence electrons. The number of rotatable bonds is 2. The zero-order chi connectivity index (χ0) is 9.23. The summed E-state index contributed by atoms with van der Waals surface area (Å²) in [6.07, 6.45) is 4.09. The van der Waals surface area contributed by atoms with E-state index in [0.29, 0.717) is 0 Å². The molecule has 0 saturated heterocycles. The molecule has 0 radical (unpaired) electrons. The summed E-state index contributed by atoms with van der Waals surface area (Å²) in [6.45, 7) is 4.00. The molecule has 0 fully saturated rings. The topological polar surface area (TPSA) is 0 Å². The molecule has 0 saturated carbocycles. The Morgan fingerprint density at radius 3 is 2.25 bits per heavy atom. The van der Waals surface area contributed by atoms with E-state index in [0.717, 1.165) is 5.75 Å². The Kier molecular flexibility index (Phi) is 7.92. The average Bonchev–Trinajstić information content (AvgIpc) is 2.19. The van der Waals surface area contributed by atoms with E-state index >= 15 is 0 Å². The van der Waals surface area contributed by atoms with Crippen molar-refractivity contribution < 1.29 is 0 Å². The lowest BCUT2D eigenvalue weighted by Gasteiger charge is -1.88. The Labute approximate surface area is 80.7 Å². The fourth-order valence-corrected chi connectivity index (χ4v) is 0.858. The van der Waals surface area contributed by atoms with Crippen LogP contribution in [0.25, 0.3) is 6.08 Å². The van der Waals surface area contributed by atoms with Gasteiger partial charge in [0, 0.05) is 5.75 Å². The Hall–Kier alpha value is -0.690. The molecule has 0 aliphatic heterocycles. The van der Waals surface area contributed by atoms with Gasteiger partial charge in [0.1, 0.15) is 0 Å². The second-order valence-electron chi connectivity index (χ2n) is 2.00. The minimum Gasteiger partial charge on any atom is -0.175 e. The summed E-state index contributed by atoms with van der Waals surface area (Å²) in [5.41, 5.74) is 1.23. The van der Waals surface area contributed by atoms with Crippen molar-refractivity contribution in [2.45, 2.75) is 13.8 Å². The minimum absolute atomic E-state index is 0.800. The van der Waals surface area contributed by atoms with E-state index in [1.165, 1.54) is 5.56 Å². The van der Waals surface area contributed by atoms with Crippen molar-refractivity contribution in [3.63, 3.8) is 0 Å². The lowest BCUT2D eigenvalue weighted by molar-refractivity contribution is 1.50.